The highest BCUT2D eigenvalue weighted by atomic mass is 16.7. The van der Waals surface area contributed by atoms with Crippen molar-refractivity contribution in [3.63, 3.8) is 0 Å². The van der Waals surface area contributed by atoms with Gasteiger partial charge in [-0.15, -0.1) is 6.58 Å². The molecule has 1 aliphatic rings. The molecule has 5 nitrogen and oxygen atoms in total. The van der Waals surface area contributed by atoms with Crippen LogP contribution in [0, 0.1) is 5.92 Å². The highest BCUT2D eigenvalue weighted by Crippen LogP contribution is 2.29. The van der Waals surface area contributed by atoms with E-state index in [-0.39, 0.29) is 6.10 Å². The molecule has 1 fully saturated rings. The third-order valence-corrected chi connectivity index (χ3v) is 2.69. The maximum atomic E-state index is 11.7. The minimum absolute atomic E-state index is 0.269. The molecule has 3 atom stereocenters. The summed E-state index contributed by atoms with van der Waals surface area (Å²) in [6.45, 7) is 11.0. The fourth-order valence-corrected chi connectivity index (χ4v) is 1.85. The van der Waals surface area contributed by atoms with Gasteiger partial charge in [-0.2, -0.15) is 0 Å². The molecule has 0 radical (unpaired) electrons. The summed E-state index contributed by atoms with van der Waals surface area (Å²) < 4.78 is 16.0. The number of hydrogen-bond donors (Lipinski definition) is 1. The van der Waals surface area contributed by atoms with Crippen molar-refractivity contribution in [3.05, 3.63) is 12.7 Å². The molecule has 0 aliphatic carbocycles. The van der Waals surface area contributed by atoms with Gasteiger partial charge < -0.3 is 19.3 Å². The Hall–Kier alpha value is -0.910. The summed E-state index contributed by atoms with van der Waals surface area (Å²) in [5, 5.41) is 9.98. The highest BCUT2D eigenvalue weighted by Gasteiger charge is 2.41. The van der Waals surface area contributed by atoms with Crippen LogP contribution in [-0.2, 0) is 19.0 Å². The summed E-state index contributed by atoms with van der Waals surface area (Å²) in [5.41, 5.74) is 0. The molecule has 1 N–H and O–H groups in total. The Morgan fingerprint density at radius 3 is 2.56 bits per heavy atom. The van der Waals surface area contributed by atoms with Gasteiger partial charge in [0.1, 0.15) is 0 Å². The first-order valence-electron chi connectivity index (χ1n) is 6.09. The van der Waals surface area contributed by atoms with Crippen LogP contribution in [0.4, 0.5) is 0 Å². The van der Waals surface area contributed by atoms with Crippen molar-refractivity contribution in [2.24, 2.45) is 5.92 Å². The van der Waals surface area contributed by atoms with Gasteiger partial charge in [-0.05, 0) is 27.7 Å². The molecule has 1 rings (SSSR count). The predicted octanol–water partition coefficient (Wildman–Crippen LogP) is 1.25. The van der Waals surface area contributed by atoms with Crippen LogP contribution >= 0.6 is 0 Å². The molecule has 5 heteroatoms. The molecule has 0 amide bonds. The lowest BCUT2D eigenvalue weighted by Crippen LogP contribution is -2.39. The van der Waals surface area contributed by atoms with Crippen molar-refractivity contribution in [3.8, 4) is 0 Å². The fourth-order valence-electron chi connectivity index (χ4n) is 1.85. The summed E-state index contributed by atoms with van der Waals surface area (Å²) in [6.07, 6.45) is -0.448. The van der Waals surface area contributed by atoms with Crippen LogP contribution < -0.4 is 0 Å². The zero-order valence-electron chi connectivity index (χ0n) is 11.4. The zero-order chi connectivity index (χ0) is 13.9. The number of rotatable bonds is 5. The molecular formula is C13H22O5. The molecular weight excluding hydrogens is 236 g/mol. The second-order valence-electron chi connectivity index (χ2n) is 5.11. The molecule has 0 aromatic carbocycles. The molecule has 104 valence electrons. The lowest BCUT2D eigenvalue weighted by Gasteiger charge is -2.25. The van der Waals surface area contributed by atoms with Crippen LogP contribution in [0.2, 0.25) is 0 Å². The molecule has 0 unspecified atom stereocenters. The van der Waals surface area contributed by atoms with E-state index in [0.29, 0.717) is 6.61 Å². The third-order valence-electron chi connectivity index (χ3n) is 2.69. The smallest absolute Gasteiger partial charge is 0.335 e. The molecule has 18 heavy (non-hydrogen) atoms. The van der Waals surface area contributed by atoms with E-state index in [1.807, 2.05) is 0 Å². The third kappa shape index (κ3) is 3.80. The van der Waals surface area contributed by atoms with Gasteiger partial charge in [0.2, 0.25) is 0 Å². The number of ether oxygens (including phenoxy) is 3. The molecule has 0 spiro atoms. The molecule has 0 saturated carbocycles. The maximum Gasteiger partial charge on any atom is 0.335 e. The largest absolute Gasteiger partial charge is 0.461 e. The minimum Gasteiger partial charge on any atom is -0.461 e. The Kier molecular flexibility index (Phi) is 4.90. The summed E-state index contributed by atoms with van der Waals surface area (Å²) in [4.78, 5) is 11.7. The van der Waals surface area contributed by atoms with E-state index in [1.54, 1.807) is 27.7 Å². The standard InChI is InChI=1S/C13H22O5/c1-6-9(10-7-16-13(4,5)18-10)11(14)12(15)17-8(2)3/h6,8-11,14H,1,7H2,2-5H3/t9-,10+,11-/m0/s1. The molecule has 1 heterocycles. The van der Waals surface area contributed by atoms with Gasteiger partial charge in [-0.3, -0.25) is 0 Å². The van der Waals surface area contributed by atoms with E-state index in [4.69, 9.17) is 14.2 Å². The summed E-state index contributed by atoms with van der Waals surface area (Å²) in [6, 6.07) is 0. The van der Waals surface area contributed by atoms with Gasteiger partial charge in [0.05, 0.1) is 18.8 Å². The van der Waals surface area contributed by atoms with Crippen LogP contribution in [0.25, 0.3) is 0 Å². The second-order valence-corrected chi connectivity index (χ2v) is 5.11. The predicted molar refractivity (Wildman–Crippen MR) is 65.8 cm³/mol. The van der Waals surface area contributed by atoms with Gasteiger partial charge in [0.15, 0.2) is 11.9 Å². The molecule has 0 bridgehead atoms. The van der Waals surface area contributed by atoms with Crippen LogP contribution in [0.15, 0.2) is 12.7 Å². The second kappa shape index (κ2) is 5.82. The van der Waals surface area contributed by atoms with Crippen molar-refractivity contribution in [1.82, 2.24) is 0 Å². The Morgan fingerprint density at radius 1 is 1.56 bits per heavy atom. The Bertz CT molecular complexity index is 311. The summed E-state index contributed by atoms with van der Waals surface area (Å²) in [5.74, 6) is -1.91. The zero-order valence-corrected chi connectivity index (χ0v) is 11.4. The first-order chi connectivity index (χ1) is 8.26. The maximum absolute atomic E-state index is 11.7. The van der Waals surface area contributed by atoms with Crippen molar-refractivity contribution in [2.75, 3.05) is 6.61 Å². The van der Waals surface area contributed by atoms with Crippen LogP contribution in [0.1, 0.15) is 27.7 Å². The monoisotopic (exact) mass is 258 g/mol. The van der Waals surface area contributed by atoms with Crippen molar-refractivity contribution >= 4 is 5.97 Å². The number of carbonyl (C=O) groups excluding carboxylic acids is 1. The average molecular weight is 258 g/mol. The summed E-state index contributed by atoms with van der Waals surface area (Å²) in [7, 11) is 0. The lowest BCUT2D eigenvalue weighted by molar-refractivity contribution is -0.168. The van der Waals surface area contributed by atoms with Crippen molar-refractivity contribution in [1.29, 1.82) is 0 Å². The normalized spacial score (nSPS) is 25.8. The molecule has 1 saturated heterocycles. The number of aliphatic hydroxyl groups is 1. The van der Waals surface area contributed by atoms with Crippen molar-refractivity contribution in [2.45, 2.75) is 51.8 Å². The van der Waals surface area contributed by atoms with Gasteiger partial charge in [0.25, 0.3) is 0 Å². The Morgan fingerprint density at radius 2 is 2.17 bits per heavy atom. The van der Waals surface area contributed by atoms with Gasteiger partial charge >= 0.3 is 5.97 Å². The van der Waals surface area contributed by atoms with E-state index in [2.05, 4.69) is 6.58 Å². The Labute approximate surface area is 108 Å². The van der Waals surface area contributed by atoms with Crippen LogP contribution in [0.5, 0.6) is 0 Å². The van der Waals surface area contributed by atoms with E-state index in [9.17, 15) is 9.90 Å². The van der Waals surface area contributed by atoms with Gasteiger partial charge in [-0.1, -0.05) is 6.08 Å². The highest BCUT2D eigenvalue weighted by molar-refractivity contribution is 5.75. The Balaban J connectivity index is 2.66. The number of hydrogen-bond acceptors (Lipinski definition) is 5. The van der Waals surface area contributed by atoms with E-state index >= 15 is 0 Å². The van der Waals surface area contributed by atoms with E-state index in [0.717, 1.165) is 0 Å². The SMILES string of the molecule is C=C[C@H]([C@H](O)C(=O)OC(C)C)[C@H]1COC(C)(C)O1. The topological polar surface area (TPSA) is 65.0 Å². The first-order valence-corrected chi connectivity index (χ1v) is 6.09. The van der Waals surface area contributed by atoms with E-state index < -0.39 is 29.9 Å². The quantitative estimate of drug-likeness (QED) is 0.594. The lowest BCUT2D eigenvalue weighted by atomic mass is 9.96. The molecule has 1 aliphatic heterocycles. The fraction of sp³-hybridized carbons (Fsp3) is 0.769. The molecule has 0 aromatic rings. The minimum atomic E-state index is -1.28. The number of carbonyl (C=O) groups is 1. The molecule has 0 aromatic heterocycles. The number of aliphatic hydroxyl groups excluding tert-OH is 1. The van der Waals surface area contributed by atoms with E-state index in [1.165, 1.54) is 6.08 Å². The van der Waals surface area contributed by atoms with Gasteiger partial charge in [-0.25, -0.2) is 4.79 Å². The first kappa shape index (κ1) is 15.1. The van der Waals surface area contributed by atoms with Crippen molar-refractivity contribution < 1.29 is 24.1 Å². The summed E-state index contributed by atoms with van der Waals surface area (Å²) >= 11 is 0. The van der Waals surface area contributed by atoms with Crippen LogP contribution in [0.3, 0.4) is 0 Å². The average Bonchev–Trinajstić information content (AvgIpc) is 2.58. The number of esters is 1. The van der Waals surface area contributed by atoms with Crippen LogP contribution in [-0.4, -0.2) is 41.8 Å². The van der Waals surface area contributed by atoms with Gasteiger partial charge in [0, 0.05) is 5.92 Å².